The molecule has 0 bridgehead atoms. The molecule has 1 atom stereocenters. The predicted octanol–water partition coefficient (Wildman–Crippen LogP) is 8.96. The molecule has 3 aromatic carbocycles. The molecule has 0 amide bonds. The Morgan fingerprint density at radius 1 is 0.861 bits per heavy atom. The highest BCUT2D eigenvalue weighted by molar-refractivity contribution is 5.72. The molecule has 0 saturated carbocycles. The lowest BCUT2D eigenvalue weighted by Crippen LogP contribution is -2.08. The minimum atomic E-state index is -1.14. The van der Waals surface area contributed by atoms with E-state index in [4.69, 9.17) is 4.74 Å². The number of rotatable bonds is 8. The molecule has 1 nitrogen and oxygen atoms in total. The first-order valence-corrected chi connectivity index (χ1v) is 12.3. The zero-order chi connectivity index (χ0) is 25.8. The van der Waals surface area contributed by atoms with Gasteiger partial charge in [-0.25, -0.2) is 17.6 Å². The van der Waals surface area contributed by atoms with E-state index in [0.29, 0.717) is 35.4 Å². The van der Waals surface area contributed by atoms with E-state index < -0.39 is 29.1 Å². The quantitative estimate of drug-likeness (QED) is 0.281. The van der Waals surface area contributed by atoms with Crippen LogP contribution in [0.25, 0.3) is 16.7 Å². The third-order valence-electron chi connectivity index (χ3n) is 6.84. The molecular formula is C30H29F5O. The van der Waals surface area contributed by atoms with Crippen LogP contribution in [0.4, 0.5) is 22.0 Å². The standard InChI is InChI=1S/C30H29F5O/c1-3-16-36-26-15-14-24(29(34)30(26)35)23-13-12-22(17-25(23)31)20-9-5-19(6-10-20)7-11-21-8-4-18(2)27(32)28(21)33/h4,8-9,12-15,17,19H,3,5-7,10-11,16H2,1-2H3. The van der Waals surface area contributed by atoms with E-state index in [1.54, 1.807) is 25.1 Å². The van der Waals surface area contributed by atoms with Gasteiger partial charge >= 0.3 is 0 Å². The van der Waals surface area contributed by atoms with Gasteiger partial charge in [0.2, 0.25) is 5.82 Å². The molecular weight excluding hydrogens is 471 g/mol. The average Bonchev–Trinajstić information content (AvgIpc) is 2.88. The first-order chi connectivity index (χ1) is 17.3. The minimum Gasteiger partial charge on any atom is -0.490 e. The van der Waals surface area contributed by atoms with Crippen LogP contribution >= 0.6 is 0 Å². The van der Waals surface area contributed by atoms with Crippen molar-refractivity contribution in [3.8, 4) is 16.9 Å². The van der Waals surface area contributed by atoms with Gasteiger partial charge in [-0.15, -0.1) is 0 Å². The zero-order valence-electron chi connectivity index (χ0n) is 20.4. The van der Waals surface area contributed by atoms with Gasteiger partial charge in [0.15, 0.2) is 23.2 Å². The highest BCUT2D eigenvalue weighted by Gasteiger charge is 2.21. The van der Waals surface area contributed by atoms with Gasteiger partial charge in [-0.3, -0.25) is 0 Å². The summed E-state index contributed by atoms with van der Waals surface area (Å²) in [5, 5.41) is 0. The molecule has 0 heterocycles. The second kappa shape index (κ2) is 11.3. The molecule has 1 aliphatic carbocycles. The average molecular weight is 501 g/mol. The summed E-state index contributed by atoms with van der Waals surface area (Å²) < 4.78 is 77.1. The lowest BCUT2D eigenvalue weighted by Gasteiger charge is -2.22. The Balaban J connectivity index is 1.43. The van der Waals surface area contributed by atoms with Gasteiger partial charge < -0.3 is 4.74 Å². The maximum absolute atomic E-state index is 15.0. The SMILES string of the molecule is CCCOc1ccc(-c2ccc(C3=CCC(CCc4ccc(C)c(F)c4F)CC3)cc2F)c(F)c1F. The number of allylic oxidation sites excluding steroid dienone is 2. The van der Waals surface area contributed by atoms with Crippen LogP contribution < -0.4 is 4.74 Å². The van der Waals surface area contributed by atoms with Crippen molar-refractivity contribution in [2.24, 2.45) is 5.92 Å². The highest BCUT2D eigenvalue weighted by atomic mass is 19.2. The fourth-order valence-electron chi connectivity index (χ4n) is 4.65. The lowest BCUT2D eigenvalue weighted by atomic mass is 9.83. The van der Waals surface area contributed by atoms with E-state index in [1.165, 1.54) is 24.3 Å². The first kappa shape index (κ1) is 25.9. The molecule has 0 radical (unpaired) electrons. The molecule has 0 aromatic heterocycles. The third-order valence-corrected chi connectivity index (χ3v) is 6.84. The Morgan fingerprint density at radius 3 is 2.33 bits per heavy atom. The van der Waals surface area contributed by atoms with Gasteiger partial charge in [0.1, 0.15) is 5.82 Å². The molecule has 0 N–H and O–H groups in total. The van der Waals surface area contributed by atoms with Crippen LogP contribution in [0.1, 0.15) is 55.7 Å². The Labute approximate surface area is 208 Å². The summed E-state index contributed by atoms with van der Waals surface area (Å²) in [6, 6.07) is 10.4. The molecule has 0 saturated heterocycles. The maximum atomic E-state index is 15.0. The van der Waals surface area contributed by atoms with E-state index in [9.17, 15) is 22.0 Å². The van der Waals surface area contributed by atoms with Crippen molar-refractivity contribution in [2.45, 2.75) is 52.4 Å². The summed E-state index contributed by atoms with van der Waals surface area (Å²) in [4.78, 5) is 0. The fraction of sp³-hybridized carbons (Fsp3) is 0.333. The molecule has 0 aliphatic heterocycles. The van der Waals surface area contributed by atoms with Crippen LogP contribution in [0.3, 0.4) is 0 Å². The topological polar surface area (TPSA) is 9.23 Å². The lowest BCUT2D eigenvalue weighted by molar-refractivity contribution is 0.295. The van der Waals surface area contributed by atoms with E-state index >= 15 is 0 Å². The van der Waals surface area contributed by atoms with Crippen molar-refractivity contribution in [1.29, 1.82) is 0 Å². The summed E-state index contributed by atoms with van der Waals surface area (Å²) in [7, 11) is 0. The largest absolute Gasteiger partial charge is 0.490 e. The summed E-state index contributed by atoms with van der Waals surface area (Å²) >= 11 is 0. The Kier molecular flexibility index (Phi) is 8.12. The van der Waals surface area contributed by atoms with Crippen molar-refractivity contribution in [3.05, 3.63) is 94.3 Å². The molecule has 4 rings (SSSR count). The normalized spacial score (nSPS) is 15.6. The van der Waals surface area contributed by atoms with Gasteiger partial charge in [0.05, 0.1) is 6.61 Å². The summed E-state index contributed by atoms with van der Waals surface area (Å²) in [5.41, 5.74) is 2.20. The maximum Gasteiger partial charge on any atom is 0.201 e. The molecule has 0 spiro atoms. The van der Waals surface area contributed by atoms with Gasteiger partial charge in [-0.2, -0.15) is 4.39 Å². The minimum absolute atomic E-state index is 0.0150. The monoisotopic (exact) mass is 500 g/mol. The fourth-order valence-corrected chi connectivity index (χ4v) is 4.65. The summed E-state index contributed by atoms with van der Waals surface area (Å²) in [6.07, 6.45) is 6.23. The van der Waals surface area contributed by atoms with Crippen molar-refractivity contribution < 1.29 is 26.7 Å². The van der Waals surface area contributed by atoms with Crippen molar-refractivity contribution in [1.82, 2.24) is 0 Å². The number of halogens is 5. The van der Waals surface area contributed by atoms with Gasteiger partial charge in [-0.05, 0) is 91.8 Å². The number of ether oxygens (including phenoxy) is 1. The van der Waals surface area contributed by atoms with Crippen LogP contribution in [0.15, 0.2) is 48.5 Å². The van der Waals surface area contributed by atoms with Gasteiger partial charge in [0, 0.05) is 11.1 Å². The van der Waals surface area contributed by atoms with Crippen LogP contribution in [0, 0.1) is 41.9 Å². The van der Waals surface area contributed by atoms with Gasteiger partial charge in [0.25, 0.3) is 0 Å². The van der Waals surface area contributed by atoms with Crippen molar-refractivity contribution in [3.63, 3.8) is 0 Å². The second-order valence-electron chi connectivity index (χ2n) is 9.36. The highest BCUT2D eigenvalue weighted by Crippen LogP contribution is 2.36. The van der Waals surface area contributed by atoms with Crippen LogP contribution in [0.5, 0.6) is 5.75 Å². The number of benzene rings is 3. The Morgan fingerprint density at radius 2 is 1.64 bits per heavy atom. The molecule has 0 fully saturated rings. The van der Waals surface area contributed by atoms with E-state index in [2.05, 4.69) is 6.08 Å². The number of aryl methyl sites for hydroxylation is 2. The summed E-state index contributed by atoms with van der Waals surface area (Å²) in [6.45, 7) is 3.66. The van der Waals surface area contributed by atoms with Gasteiger partial charge in [-0.1, -0.05) is 37.3 Å². The first-order valence-electron chi connectivity index (χ1n) is 12.3. The number of hydrogen-bond donors (Lipinski definition) is 0. The van der Waals surface area contributed by atoms with Crippen molar-refractivity contribution >= 4 is 5.57 Å². The van der Waals surface area contributed by atoms with Crippen molar-refractivity contribution in [2.75, 3.05) is 6.61 Å². The van der Waals surface area contributed by atoms with E-state index in [1.807, 2.05) is 6.92 Å². The molecule has 36 heavy (non-hydrogen) atoms. The molecule has 1 unspecified atom stereocenters. The van der Waals surface area contributed by atoms with E-state index in [-0.39, 0.29) is 23.5 Å². The Hall–Kier alpha value is -3.15. The summed E-state index contributed by atoms with van der Waals surface area (Å²) in [5.74, 6) is -4.31. The van der Waals surface area contributed by atoms with Crippen LogP contribution in [-0.2, 0) is 6.42 Å². The number of hydrogen-bond acceptors (Lipinski definition) is 1. The predicted molar refractivity (Wildman–Crippen MR) is 132 cm³/mol. The Bertz CT molecular complexity index is 1280. The molecule has 6 heteroatoms. The van der Waals surface area contributed by atoms with Crippen LogP contribution in [-0.4, -0.2) is 6.61 Å². The second-order valence-corrected chi connectivity index (χ2v) is 9.36. The molecule has 3 aromatic rings. The zero-order valence-corrected chi connectivity index (χ0v) is 20.4. The molecule has 190 valence electrons. The van der Waals surface area contributed by atoms with Crippen LogP contribution in [0.2, 0.25) is 0 Å². The molecule has 1 aliphatic rings. The third kappa shape index (κ3) is 5.48. The van der Waals surface area contributed by atoms with E-state index in [0.717, 1.165) is 31.3 Å². The smallest absolute Gasteiger partial charge is 0.201 e.